The van der Waals surface area contributed by atoms with Gasteiger partial charge in [0.05, 0.1) is 0 Å². The maximum absolute atomic E-state index is 2.44. The second-order valence-electron chi connectivity index (χ2n) is 8.71. The van der Waals surface area contributed by atoms with Crippen molar-refractivity contribution in [2.24, 2.45) is 0 Å². The SMILES string of the molecule is CC(C)(C)c1ccc(CCCc2ccccc2)c(C(C)(C)C)c1. The summed E-state index contributed by atoms with van der Waals surface area (Å²) in [7, 11) is 0. The predicted molar refractivity (Wildman–Crippen MR) is 102 cm³/mol. The van der Waals surface area contributed by atoms with E-state index in [0.717, 1.165) is 12.8 Å². The summed E-state index contributed by atoms with van der Waals surface area (Å²) in [5.41, 5.74) is 6.32. The van der Waals surface area contributed by atoms with E-state index < -0.39 is 0 Å². The molecule has 0 aliphatic heterocycles. The van der Waals surface area contributed by atoms with Crippen LogP contribution in [0.4, 0.5) is 0 Å². The largest absolute Gasteiger partial charge is 0.0622 e. The van der Waals surface area contributed by atoms with Crippen molar-refractivity contribution in [1.29, 1.82) is 0 Å². The Morgan fingerprint density at radius 2 is 1.35 bits per heavy atom. The van der Waals surface area contributed by atoms with Crippen LogP contribution in [0.15, 0.2) is 48.5 Å². The third-order valence-electron chi connectivity index (χ3n) is 4.54. The highest BCUT2D eigenvalue weighted by Gasteiger charge is 2.21. The van der Waals surface area contributed by atoms with E-state index in [1.807, 2.05) is 0 Å². The maximum Gasteiger partial charge on any atom is -0.0129 e. The van der Waals surface area contributed by atoms with E-state index in [1.54, 1.807) is 0 Å². The van der Waals surface area contributed by atoms with Gasteiger partial charge in [-0.25, -0.2) is 0 Å². The lowest BCUT2D eigenvalue weighted by molar-refractivity contribution is 0.561. The number of hydrogen-bond donors (Lipinski definition) is 0. The zero-order chi connectivity index (χ0) is 17.1. The Hall–Kier alpha value is -1.56. The highest BCUT2D eigenvalue weighted by molar-refractivity contribution is 5.39. The number of rotatable bonds is 4. The normalized spacial score (nSPS) is 12.4. The molecule has 0 nitrogen and oxygen atoms in total. The van der Waals surface area contributed by atoms with Crippen LogP contribution >= 0.6 is 0 Å². The predicted octanol–water partition coefficient (Wildman–Crippen LogP) is 6.46. The highest BCUT2D eigenvalue weighted by atomic mass is 14.3. The van der Waals surface area contributed by atoms with Crippen LogP contribution < -0.4 is 0 Å². The molecule has 0 saturated heterocycles. The van der Waals surface area contributed by atoms with E-state index in [0.29, 0.717) is 0 Å². The molecule has 0 amide bonds. The average molecular weight is 309 g/mol. The molecule has 0 atom stereocenters. The molecular weight excluding hydrogens is 276 g/mol. The fourth-order valence-corrected chi connectivity index (χ4v) is 3.09. The summed E-state index contributed by atoms with van der Waals surface area (Å²) in [6, 6.07) is 18.0. The van der Waals surface area contributed by atoms with Gasteiger partial charge < -0.3 is 0 Å². The van der Waals surface area contributed by atoms with Crippen molar-refractivity contribution < 1.29 is 0 Å². The molecule has 0 heterocycles. The average Bonchev–Trinajstić information content (AvgIpc) is 2.46. The summed E-state index contributed by atoms with van der Waals surface area (Å²) in [4.78, 5) is 0. The van der Waals surface area contributed by atoms with Gasteiger partial charge in [-0.1, -0.05) is 90.1 Å². The molecule has 0 aliphatic carbocycles. The minimum atomic E-state index is 0.198. The third-order valence-corrected chi connectivity index (χ3v) is 4.54. The van der Waals surface area contributed by atoms with Crippen LogP contribution in [0.5, 0.6) is 0 Å². The van der Waals surface area contributed by atoms with Gasteiger partial charge in [-0.3, -0.25) is 0 Å². The molecular formula is C23H32. The lowest BCUT2D eigenvalue weighted by Crippen LogP contribution is -2.18. The second kappa shape index (κ2) is 6.91. The summed E-state index contributed by atoms with van der Waals surface area (Å²) in [6.07, 6.45) is 3.53. The summed E-state index contributed by atoms with van der Waals surface area (Å²) in [5.74, 6) is 0. The third kappa shape index (κ3) is 4.96. The minimum absolute atomic E-state index is 0.198. The van der Waals surface area contributed by atoms with Crippen molar-refractivity contribution in [1.82, 2.24) is 0 Å². The fraction of sp³-hybridized carbons (Fsp3) is 0.478. The van der Waals surface area contributed by atoms with E-state index in [4.69, 9.17) is 0 Å². The van der Waals surface area contributed by atoms with Crippen LogP contribution in [0.1, 0.15) is 70.2 Å². The molecule has 0 saturated carbocycles. The van der Waals surface area contributed by atoms with Crippen LogP contribution in [-0.2, 0) is 23.7 Å². The molecule has 0 N–H and O–H groups in total. The summed E-state index contributed by atoms with van der Waals surface area (Å²) in [6.45, 7) is 13.9. The second-order valence-corrected chi connectivity index (χ2v) is 8.71. The molecule has 124 valence electrons. The number of hydrogen-bond acceptors (Lipinski definition) is 0. The lowest BCUT2D eigenvalue weighted by Gasteiger charge is -2.27. The van der Waals surface area contributed by atoms with Crippen molar-refractivity contribution >= 4 is 0 Å². The minimum Gasteiger partial charge on any atom is -0.0622 e. The Morgan fingerprint density at radius 1 is 0.696 bits per heavy atom. The van der Waals surface area contributed by atoms with Gasteiger partial charge in [-0.15, -0.1) is 0 Å². The molecule has 0 radical (unpaired) electrons. The molecule has 2 rings (SSSR count). The van der Waals surface area contributed by atoms with E-state index in [-0.39, 0.29) is 10.8 Å². The molecule has 2 aromatic rings. The van der Waals surface area contributed by atoms with Gasteiger partial charge in [0, 0.05) is 0 Å². The smallest absolute Gasteiger partial charge is 0.0129 e. The fourth-order valence-electron chi connectivity index (χ4n) is 3.09. The highest BCUT2D eigenvalue weighted by Crippen LogP contribution is 2.32. The molecule has 0 heteroatoms. The van der Waals surface area contributed by atoms with Gasteiger partial charge >= 0.3 is 0 Å². The van der Waals surface area contributed by atoms with Crippen LogP contribution in [-0.4, -0.2) is 0 Å². The van der Waals surface area contributed by atoms with E-state index in [9.17, 15) is 0 Å². The first-order chi connectivity index (χ1) is 10.7. The molecule has 0 bridgehead atoms. The van der Waals surface area contributed by atoms with Crippen molar-refractivity contribution in [3.05, 3.63) is 70.8 Å². The first-order valence-electron chi connectivity index (χ1n) is 8.86. The summed E-state index contributed by atoms with van der Waals surface area (Å²) >= 11 is 0. The summed E-state index contributed by atoms with van der Waals surface area (Å²) in [5, 5.41) is 0. The standard InChI is InChI=1S/C23H32/c1-22(2,3)20-16-15-19(21(17-20)23(4,5)6)14-10-13-18-11-8-7-9-12-18/h7-9,11-12,15-17H,10,13-14H2,1-6H3. The van der Waals surface area contributed by atoms with Gasteiger partial charge in [0.25, 0.3) is 0 Å². The number of benzene rings is 2. The Balaban J connectivity index is 2.17. The van der Waals surface area contributed by atoms with E-state index in [2.05, 4.69) is 90.1 Å². The molecule has 23 heavy (non-hydrogen) atoms. The quantitative estimate of drug-likeness (QED) is 0.608. The molecule has 0 fully saturated rings. The van der Waals surface area contributed by atoms with Crippen molar-refractivity contribution in [2.45, 2.75) is 71.6 Å². The van der Waals surface area contributed by atoms with Gasteiger partial charge in [0.15, 0.2) is 0 Å². The first kappa shape index (κ1) is 17.8. The zero-order valence-corrected chi connectivity index (χ0v) is 15.7. The van der Waals surface area contributed by atoms with E-state index in [1.165, 1.54) is 28.7 Å². The molecule has 0 aromatic heterocycles. The lowest BCUT2D eigenvalue weighted by atomic mass is 9.77. The molecule has 0 spiro atoms. The summed E-state index contributed by atoms with van der Waals surface area (Å²) < 4.78 is 0. The van der Waals surface area contributed by atoms with Crippen LogP contribution in [0.25, 0.3) is 0 Å². The Bertz CT molecular complexity index is 621. The van der Waals surface area contributed by atoms with Crippen molar-refractivity contribution in [2.75, 3.05) is 0 Å². The molecule has 2 aromatic carbocycles. The van der Waals surface area contributed by atoms with E-state index >= 15 is 0 Å². The van der Waals surface area contributed by atoms with Crippen LogP contribution in [0.2, 0.25) is 0 Å². The Morgan fingerprint density at radius 3 is 1.91 bits per heavy atom. The van der Waals surface area contributed by atoms with Crippen LogP contribution in [0, 0.1) is 0 Å². The van der Waals surface area contributed by atoms with Gasteiger partial charge in [-0.2, -0.15) is 0 Å². The van der Waals surface area contributed by atoms with Crippen molar-refractivity contribution in [3.63, 3.8) is 0 Å². The Labute approximate surface area is 143 Å². The van der Waals surface area contributed by atoms with Crippen LogP contribution in [0.3, 0.4) is 0 Å². The first-order valence-corrected chi connectivity index (χ1v) is 8.86. The molecule has 0 unspecified atom stereocenters. The zero-order valence-electron chi connectivity index (χ0n) is 15.7. The Kier molecular flexibility index (Phi) is 5.34. The van der Waals surface area contributed by atoms with Gasteiger partial charge in [0.1, 0.15) is 0 Å². The van der Waals surface area contributed by atoms with Gasteiger partial charge in [-0.05, 0) is 52.3 Å². The maximum atomic E-state index is 2.44. The monoisotopic (exact) mass is 308 g/mol. The van der Waals surface area contributed by atoms with Crippen molar-refractivity contribution in [3.8, 4) is 0 Å². The van der Waals surface area contributed by atoms with Gasteiger partial charge in [0.2, 0.25) is 0 Å². The number of aryl methyl sites for hydroxylation is 2. The topological polar surface area (TPSA) is 0 Å². The molecule has 0 aliphatic rings.